The lowest BCUT2D eigenvalue weighted by molar-refractivity contribution is -0.0527. The average Bonchev–Trinajstić information content (AvgIpc) is 2.84. The van der Waals surface area contributed by atoms with Gasteiger partial charge in [-0.1, -0.05) is 0 Å². The van der Waals surface area contributed by atoms with Crippen LogP contribution in [0.5, 0.6) is 0 Å². The van der Waals surface area contributed by atoms with Crippen molar-refractivity contribution in [2.45, 2.75) is 55.9 Å². The summed E-state index contributed by atoms with van der Waals surface area (Å²) in [6, 6.07) is 0.573. The van der Waals surface area contributed by atoms with Gasteiger partial charge in [-0.3, -0.25) is 4.90 Å². The van der Waals surface area contributed by atoms with Crippen LogP contribution in [0.4, 0.5) is 0 Å². The minimum Gasteiger partial charge on any atom is -0.394 e. The minimum absolute atomic E-state index is 0.126. The highest BCUT2D eigenvalue weighted by atomic mass is 16.5. The van der Waals surface area contributed by atoms with E-state index in [2.05, 4.69) is 4.90 Å². The predicted molar refractivity (Wildman–Crippen MR) is 61.1 cm³/mol. The van der Waals surface area contributed by atoms with Gasteiger partial charge >= 0.3 is 0 Å². The second kappa shape index (κ2) is 3.95. The molecular formula is C12H22N2O2. The maximum absolute atomic E-state index is 9.29. The summed E-state index contributed by atoms with van der Waals surface area (Å²) in [5.74, 6) is 0. The number of nitrogens with zero attached hydrogens (tertiary/aromatic N) is 1. The Morgan fingerprint density at radius 2 is 1.94 bits per heavy atom. The van der Waals surface area contributed by atoms with Crippen LogP contribution in [-0.4, -0.2) is 53.5 Å². The van der Waals surface area contributed by atoms with Crippen molar-refractivity contribution >= 4 is 0 Å². The number of hydrogen-bond donors (Lipinski definition) is 2. The van der Waals surface area contributed by atoms with Crippen LogP contribution in [0.25, 0.3) is 0 Å². The third-order valence-corrected chi connectivity index (χ3v) is 4.52. The van der Waals surface area contributed by atoms with Gasteiger partial charge < -0.3 is 15.6 Å². The molecule has 3 fully saturated rings. The molecule has 0 aromatic rings. The lowest BCUT2D eigenvalue weighted by atomic mass is 10.00. The fraction of sp³-hybridized carbons (Fsp3) is 1.00. The number of nitrogens with two attached hydrogens (primary N) is 1. The lowest BCUT2D eigenvalue weighted by Crippen LogP contribution is -2.49. The van der Waals surface area contributed by atoms with E-state index in [9.17, 15) is 5.11 Å². The van der Waals surface area contributed by atoms with E-state index in [4.69, 9.17) is 10.5 Å². The van der Waals surface area contributed by atoms with Crippen LogP contribution >= 0.6 is 0 Å². The molecule has 3 aliphatic rings. The monoisotopic (exact) mass is 226 g/mol. The van der Waals surface area contributed by atoms with E-state index in [-0.39, 0.29) is 12.1 Å². The highest BCUT2D eigenvalue weighted by Gasteiger charge is 2.42. The van der Waals surface area contributed by atoms with Gasteiger partial charge in [0.15, 0.2) is 0 Å². The molecule has 0 aromatic carbocycles. The van der Waals surface area contributed by atoms with Crippen LogP contribution in [0.3, 0.4) is 0 Å². The van der Waals surface area contributed by atoms with Crippen molar-refractivity contribution in [1.29, 1.82) is 0 Å². The zero-order chi connectivity index (χ0) is 11.2. The van der Waals surface area contributed by atoms with Gasteiger partial charge in [0.2, 0.25) is 0 Å². The van der Waals surface area contributed by atoms with E-state index in [1.54, 1.807) is 0 Å². The Balaban J connectivity index is 1.62. The van der Waals surface area contributed by atoms with Crippen molar-refractivity contribution in [3.63, 3.8) is 0 Å². The Morgan fingerprint density at radius 3 is 2.50 bits per heavy atom. The van der Waals surface area contributed by atoms with Crippen LogP contribution in [0, 0.1) is 0 Å². The number of rotatable bonds is 2. The highest BCUT2D eigenvalue weighted by molar-refractivity contribution is 4.99. The molecule has 3 N–H and O–H groups in total. The molecule has 0 radical (unpaired) electrons. The van der Waals surface area contributed by atoms with Gasteiger partial charge in [0.25, 0.3) is 0 Å². The molecule has 1 aliphatic carbocycles. The molecule has 2 saturated heterocycles. The highest BCUT2D eigenvalue weighted by Crippen LogP contribution is 2.35. The Bertz CT molecular complexity index is 262. The smallest absolute Gasteiger partial charge is 0.0707 e. The molecule has 1 saturated carbocycles. The second-order valence-corrected chi connectivity index (χ2v) is 5.83. The molecular weight excluding hydrogens is 204 g/mol. The van der Waals surface area contributed by atoms with Gasteiger partial charge in [0.05, 0.1) is 18.8 Å². The Hall–Kier alpha value is -0.160. The SMILES string of the molecule is NC1(CO)CCC(N2CC3CCC(C2)O3)C1. The maximum atomic E-state index is 9.29. The van der Waals surface area contributed by atoms with Crippen LogP contribution < -0.4 is 5.73 Å². The zero-order valence-corrected chi connectivity index (χ0v) is 9.77. The molecule has 4 heteroatoms. The second-order valence-electron chi connectivity index (χ2n) is 5.83. The first-order chi connectivity index (χ1) is 7.68. The minimum atomic E-state index is -0.317. The van der Waals surface area contributed by atoms with E-state index >= 15 is 0 Å². The van der Waals surface area contributed by atoms with Gasteiger partial charge in [0, 0.05) is 24.7 Å². The van der Waals surface area contributed by atoms with Crippen LogP contribution in [0.15, 0.2) is 0 Å². The van der Waals surface area contributed by atoms with E-state index in [0.29, 0.717) is 18.2 Å². The molecule has 0 aromatic heterocycles. The van der Waals surface area contributed by atoms with Gasteiger partial charge in [0.1, 0.15) is 0 Å². The van der Waals surface area contributed by atoms with E-state index < -0.39 is 0 Å². The van der Waals surface area contributed by atoms with Gasteiger partial charge in [-0.05, 0) is 32.1 Å². The Labute approximate surface area is 96.7 Å². The molecule has 4 atom stereocenters. The summed E-state index contributed by atoms with van der Waals surface area (Å²) >= 11 is 0. The molecule has 2 aliphatic heterocycles. The first-order valence-electron chi connectivity index (χ1n) is 6.48. The summed E-state index contributed by atoms with van der Waals surface area (Å²) in [5, 5.41) is 9.29. The summed E-state index contributed by atoms with van der Waals surface area (Å²) in [4.78, 5) is 2.55. The quantitative estimate of drug-likeness (QED) is 0.701. The normalized spacial score (nSPS) is 48.8. The Morgan fingerprint density at radius 1 is 1.25 bits per heavy atom. The van der Waals surface area contributed by atoms with Crippen molar-refractivity contribution in [2.24, 2.45) is 5.73 Å². The molecule has 4 unspecified atom stereocenters. The number of aliphatic hydroxyl groups is 1. The van der Waals surface area contributed by atoms with Crippen molar-refractivity contribution in [3.8, 4) is 0 Å². The summed E-state index contributed by atoms with van der Waals surface area (Å²) < 4.78 is 5.84. The number of ether oxygens (including phenoxy) is 1. The average molecular weight is 226 g/mol. The lowest BCUT2D eigenvalue weighted by Gasteiger charge is -2.37. The van der Waals surface area contributed by atoms with Crippen molar-refractivity contribution < 1.29 is 9.84 Å². The summed E-state index contributed by atoms with van der Waals surface area (Å²) in [7, 11) is 0. The van der Waals surface area contributed by atoms with Crippen molar-refractivity contribution in [3.05, 3.63) is 0 Å². The maximum Gasteiger partial charge on any atom is 0.0707 e. The van der Waals surface area contributed by atoms with Gasteiger partial charge in [-0.15, -0.1) is 0 Å². The number of hydrogen-bond acceptors (Lipinski definition) is 4. The van der Waals surface area contributed by atoms with E-state index in [0.717, 1.165) is 32.4 Å². The number of likely N-dealkylation sites (tertiary alicyclic amines) is 1. The topological polar surface area (TPSA) is 58.7 Å². The van der Waals surface area contributed by atoms with Crippen LogP contribution in [0.2, 0.25) is 0 Å². The third kappa shape index (κ3) is 1.88. The number of morpholine rings is 1. The first-order valence-corrected chi connectivity index (χ1v) is 6.48. The van der Waals surface area contributed by atoms with E-state index in [1.165, 1.54) is 12.8 Å². The number of aliphatic hydroxyl groups excluding tert-OH is 1. The molecule has 16 heavy (non-hydrogen) atoms. The predicted octanol–water partition coefficient (Wildman–Crippen LogP) is 0.0919. The van der Waals surface area contributed by atoms with Gasteiger partial charge in [-0.25, -0.2) is 0 Å². The van der Waals surface area contributed by atoms with Crippen molar-refractivity contribution in [2.75, 3.05) is 19.7 Å². The van der Waals surface area contributed by atoms with Gasteiger partial charge in [-0.2, -0.15) is 0 Å². The summed E-state index contributed by atoms with van der Waals surface area (Å²) in [5.41, 5.74) is 5.81. The largest absolute Gasteiger partial charge is 0.394 e. The fourth-order valence-electron chi connectivity index (χ4n) is 3.53. The molecule has 3 rings (SSSR count). The van der Waals surface area contributed by atoms with Crippen LogP contribution in [0.1, 0.15) is 32.1 Å². The molecule has 92 valence electrons. The zero-order valence-electron chi connectivity index (χ0n) is 9.77. The molecule has 0 spiro atoms. The molecule has 2 heterocycles. The standard InChI is InChI=1S/C12H22N2O2/c13-12(8-15)4-3-9(5-12)14-6-10-1-2-11(7-14)16-10/h9-11,15H,1-8,13H2. The summed E-state index contributed by atoms with van der Waals surface area (Å²) in [6.45, 7) is 2.27. The third-order valence-electron chi connectivity index (χ3n) is 4.52. The Kier molecular flexibility index (Phi) is 2.70. The molecule has 2 bridgehead atoms. The first kappa shape index (κ1) is 11.0. The fourth-order valence-corrected chi connectivity index (χ4v) is 3.53. The summed E-state index contributed by atoms with van der Waals surface area (Å²) in [6.07, 6.45) is 6.41. The van der Waals surface area contributed by atoms with E-state index in [1.807, 2.05) is 0 Å². The number of fused-ring (bicyclic) bond motifs is 2. The van der Waals surface area contributed by atoms with Crippen LogP contribution in [-0.2, 0) is 4.74 Å². The molecule has 0 amide bonds. The van der Waals surface area contributed by atoms with Crippen molar-refractivity contribution in [1.82, 2.24) is 4.90 Å². The molecule has 4 nitrogen and oxygen atoms in total.